The second-order valence-corrected chi connectivity index (χ2v) is 7.55. The van der Waals surface area contributed by atoms with Crippen molar-refractivity contribution in [3.05, 3.63) is 30.3 Å². The van der Waals surface area contributed by atoms with E-state index in [0.717, 1.165) is 23.8 Å². The summed E-state index contributed by atoms with van der Waals surface area (Å²) in [7, 11) is 0. The topological polar surface area (TPSA) is 70.7 Å². The van der Waals surface area contributed by atoms with Crippen molar-refractivity contribution in [3.8, 4) is 5.75 Å². The molecule has 2 aliphatic heterocycles. The first kappa shape index (κ1) is 18.1. The number of carbonyl (C=O) groups excluding carboxylic acids is 2. The zero-order valence-electron chi connectivity index (χ0n) is 14.3. The van der Waals surface area contributed by atoms with Crippen molar-refractivity contribution in [3.63, 3.8) is 0 Å². The van der Waals surface area contributed by atoms with Crippen molar-refractivity contribution in [2.45, 2.75) is 24.9 Å². The molecule has 136 valence electrons. The van der Waals surface area contributed by atoms with Crippen LogP contribution in [0, 0.1) is 0 Å². The molecule has 0 aliphatic carbocycles. The number of nitrogens with one attached hydrogen (secondary N) is 2. The van der Waals surface area contributed by atoms with Crippen molar-refractivity contribution in [1.29, 1.82) is 0 Å². The molecule has 3 rings (SSSR count). The molecule has 0 saturated carbocycles. The Morgan fingerprint density at radius 1 is 1.36 bits per heavy atom. The molecule has 2 aliphatic rings. The molecule has 2 fully saturated rings. The summed E-state index contributed by atoms with van der Waals surface area (Å²) >= 11 is 1.88. The lowest BCUT2D eigenvalue weighted by Gasteiger charge is -2.23. The molecular formula is C18H25N3O3S. The van der Waals surface area contributed by atoms with Gasteiger partial charge in [-0.15, -0.1) is 0 Å². The molecule has 2 saturated heterocycles. The molecule has 0 aromatic heterocycles. The number of amides is 2. The van der Waals surface area contributed by atoms with Gasteiger partial charge in [0.2, 0.25) is 11.8 Å². The summed E-state index contributed by atoms with van der Waals surface area (Å²) in [5.41, 5.74) is 0. The van der Waals surface area contributed by atoms with Gasteiger partial charge in [-0.2, -0.15) is 11.8 Å². The average molecular weight is 363 g/mol. The van der Waals surface area contributed by atoms with Crippen LogP contribution in [0.1, 0.15) is 12.8 Å². The quantitative estimate of drug-likeness (QED) is 0.753. The predicted octanol–water partition coefficient (Wildman–Crippen LogP) is 0.878. The fourth-order valence-corrected chi connectivity index (χ4v) is 4.09. The molecule has 2 heterocycles. The van der Waals surface area contributed by atoms with Gasteiger partial charge in [0.25, 0.3) is 0 Å². The molecule has 0 radical (unpaired) electrons. The van der Waals surface area contributed by atoms with E-state index in [0.29, 0.717) is 32.5 Å². The fraction of sp³-hybridized carbons (Fsp3) is 0.556. The summed E-state index contributed by atoms with van der Waals surface area (Å²) in [4.78, 5) is 26.0. The summed E-state index contributed by atoms with van der Waals surface area (Å²) < 4.78 is 5.64. The molecule has 1 aromatic carbocycles. The Morgan fingerprint density at radius 3 is 2.96 bits per heavy atom. The summed E-state index contributed by atoms with van der Waals surface area (Å²) in [6, 6.07) is 9.72. The van der Waals surface area contributed by atoms with Crippen LogP contribution in [0.3, 0.4) is 0 Å². The molecule has 0 spiro atoms. The minimum Gasteiger partial charge on any atom is -0.492 e. The number of carbonyl (C=O) groups is 2. The zero-order valence-corrected chi connectivity index (χ0v) is 15.1. The Morgan fingerprint density at radius 2 is 2.20 bits per heavy atom. The smallest absolute Gasteiger partial charge is 0.224 e. The van der Waals surface area contributed by atoms with Crippen molar-refractivity contribution in [2.75, 3.05) is 37.7 Å². The van der Waals surface area contributed by atoms with E-state index in [4.69, 9.17) is 4.74 Å². The number of hydrogen-bond donors (Lipinski definition) is 2. The zero-order chi connectivity index (χ0) is 17.5. The Labute approximate surface area is 152 Å². The summed E-state index contributed by atoms with van der Waals surface area (Å²) in [5.74, 6) is 2.99. The van der Waals surface area contributed by atoms with Gasteiger partial charge in [-0.3, -0.25) is 9.59 Å². The normalized spacial score (nSPS) is 23.5. The van der Waals surface area contributed by atoms with Crippen molar-refractivity contribution in [2.24, 2.45) is 0 Å². The molecule has 7 heteroatoms. The minimum absolute atomic E-state index is 0.0279. The van der Waals surface area contributed by atoms with Crippen LogP contribution in [-0.2, 0) is 9.59 Å². The van der Waals surface area contributed by atoms with E-state index in [-0.39, 0.29) is 23.9 Å². The van der Waals surface area contributed by atoms with Gasteiger partial charge in [-0.05, 0) is 12.1 Å². The second kappa shape index (κ2) is 9.10. The number of hydrogen-bond acceptors (Lipinski definition) is 5. The van der Waals surface area contributed by atoms with Crippen molar-refractivity contribution in [1.82, 2.24) is 15.5 Å². The van der Waals surface area contributed by atoms with Crippen LogP contribution in [0.4, 0.5) is 0 Å². The van der Waals surface area contributed by atoms with Crippen molar-refractivity contribution >= 4 is 23.6 Å². The van der Waals surface area contributed by atoms with Crippen LogP contribution >= 0.6 is 11.8 Å². The van der Waals surface area contributed by atoms with Gasteiger partial charge < -0.3 is 20.3 Å². The standard InChI is InChI=1S/C18H25N3O3S/c22-17(10-15-13-25-9-6-19-15)20-14-11-18(23)21(12-14)7-8-24-16-4-2-1-3-5-16/h1-5,14-15,19H,6-13H2,(H,20,22). The Kier molecular flexibility index (Phi) is 6.58. The van der Waals surface area contributed by atoms with E-state index in [1.165, 1.54) is 0 Å². The van der Waals surface area contributed by atoms with Gasteiger partial charge in [0.05, 0.1) is 12.6 Å². The van der Waals surface area contributed by atoms with Gasteiger partial charge in [0.15, 0.2) is 0 Å². The van der Waals surface area contributed by atoms with Crippen LogP contribution in [0.2, 0.25) is 0 Å². The van der Waals surface area contributed by atoms with Crippen molar-refractivity contribution < 1.29 is 14.3 Å². The van der Waals surface area contributed by atoms with E-state index in [9.17, 15) is 9.59 Å². The Balaban J connectivity index is 1.37. The highest BCUT2D eigenvalue weighted by atomic mass is 32.2. The van der Waals surface area contributed by atoms with Gasteiger partial charge in [-0.25, -0.2) is 0 Å². The van der Waals surface area contributed by atoms with Crippen LogP contribution in [0.25, 0.3) is 0 Å². The molecule has 0 bridgehead atoms. The third-order valence-corrected chi connectivity index (χ3v) is 5.51. The molecule has 25 heavy (non-hydrogen) atoms. The third-order valence-electron chi connectivity index (χ3n) is 4.38. The van der Waals surface area contributed by atoms with Crippen LogP contribution < -0.4 is 15.4 Å². The minimum atomic E-state index is -0.0898. The molecule has 2 amide bonds. The first-order chi connectivity index (χ1) is 12.2. The first-order valence-corrected chi connectivity index (χ1v) is 9.92. The lowest BCUT2D eigenvalue weighted by Crippen LogP contribution is -2.44. The SMILES string of the molecule is O=C(CC1CSCCN1)NC1CC(=O)N(CCOc2ccccc2)C1. The molecule has 2 atom stereocenters. The highest BCUT2D eigenvalue weighted by Crippen LogP contribution is 2.14. The lowest BCUT2D eigenvalue weighted by molar-refractivity contribution is -0.128. The summed E-state index contributed by atoms with van der Waals surface area (Å²) in [6.45, 7) is 2.52. The number of benzene rings is 1. The van der Waals surface area contributed by atoms with E-state index < -0.39 is 0 Å². The Hall–Kier alpha value is -1.73. The number of ether oxygens (including phenoxy) is 1. The maximum absolute atomic E-state index is 12.2. The third kappa shape index (κ3) is 5.64. The van der Waals surface area contributed by atoms with Gasteiger partial charge in [0.1, 0.15) is 12.4 Å². The highest BCUT2D eigenvalue weighted by molar-refractivity contribution is 7.99. The summed E-state index contributed by atoms with van der Waals surface area (Å²) in [5, 5.41) is 6.36. The number of thioether (sulfide) groups is 1. The van der Waals surface area contributed by atoms with Crippen LogP contribution in [-0.4, -0.2) is 66.5 Å². The monoisotopic (exact) mass is 363 g/mol. The maximum atomic E-state index is 12.2. The number of para-hydroxylation sites is 1. The Bertz CT molecular complexity index is 578. The second-order valence-electron chi connectivity index (χ2n) is 6.40. The lowest BCUT2D eigenvalue weighted by atomic mass is 10.2. The van der Waals surface area contributed by atoms with E-state index in [2.05, 4.69) is 10.6 Å². The molecule has 2 unspecified atom stereocenters. The van der Waals surface area contributed by atoms with Gasteiger partial charge in [0, 0.05) is 43.5 Å². The molecule has 6 nitrogen and oxygen atoms in total. The molecule has 2 N–H and O–H groups in total. The van der Waals surface area contributed by atoms with Gasteiger partial charge in [-0.1, -0.05) is 18.2 Å². The van der Waals surface area contributed by atoms with E-state index >= 15 is 0 Å². The fourth-order valence-electron chi connectivity index (χ4n) is 3.14. The number of rotatable bonds is 7. The maximum Gasteiger partial charge on any atom is 0.224 e. The number of likely N-dealkylation sites (tertiary alicyclic amines) is 1. The van der Waals surface area contributed by atoms with Gasteiger partial charge >= 0.3 is 0 Å². The molecular weight excluding hydrogens is 338 g/mol. The highest BCUT2D eigenvalue weighted by Gasteiger charge is 2.30. The molecule has 1 aromatic rings. The van der Waals surface area contributed by atoms with E-state index in [1.807, 2.05) is 42.1 Å². The first-order valence-electron chi connectivity index (χ1n) is 8.77. The van der Waals surface area contributed by atoms with Crippen LogP contribution in [0.15, 0.2) is 30.3 Å². The number of nitrogens with zero attached hydrogens (tertiary/aromatic N) is 1. The predicted molar refractivity (Wildman–Crippen MR) is 98.8 cm³/mol. The summed E-state index contributed by atoms with van der Waals surface area (Å²) in [6.07, 6.45) is 0.860. The average Bonchev–Trinajstić information content (AvgIpc) is 2.96. The van der Waals surface area contributed by atoms with E-state index in [1.54, 1.807) is 4.90 Å². The largest absolute Gasteiger partial charge is 0.492 e. The van der Waals surface area contributed by atoms with Crippen LogP contribution in [0.5, 0.6) is 5.75 Å².